The number of halogens is 2. The van der Waals surface area contributed by atoms with E-state index in [1.807, 2.05) is 0 Å². The van der Waals surface area contributed by atoms with Crippen LogP contribution < -0.4 is 0 Å². The van der Waals surface area contributed by atoms with Gasteiger partial charge in [-0.2, -0.15) is 0 Å². The molecular formula is C24H41Cl2NO5Si. The Morgan fingerprint density at radius 1 is 1.12 bits per heavy atom. The summed E-state index contributed by atoms with van der Waals surface area (Å²) in [4.78, 5) is 14.6. The molecule has 1 amide bonds. The van der Waals surface area contributed by atoms with Crippen molar-refractivity contribution >= 4 is 37.6 Å². The molecule has 0 aliphatic heterocycles. The molecule has 0 aromatic heterocycles. The number of aliphatic hydroxyl groups is 2. The van der Waals surface area contributed by atoms with Gasteiger partial charge in [-0.1, -0.05) is 50.0 Å². The van der Waals surface area contributed by atoms with Crippen LogP contribution in [0.2, 0.25) is 28.2 Å². The van der Waals surface area contributed by atoms with Gasteiger partial charge in [0.05, 0.1) is 22.2 Å². The van der Waals surface area contributed by atoms with Crippen molar-refractivity contribution < 1.29 is 24.2 Å². The SMILES string of the molecule is CC(C)(C)OC(=O)N(CCCO)C(c1ccc(Cl)c(Cl)c1)C(O)CCO[Si](C)(C)C(C)(C)C. The number of carbonyl (C=O) groups is 1. The monoisotopic (exact) mass is 521 g/mol. The smallest absolute Gasteiger partial charge is 0.410 e. The number of carbonyl (C=O) groups excluding carboxylic acids is 1. The standard InChI is InChI=1S/C24H41Cl2NO5Si/c1-23(2,3)32-22(30)27(13-9-14-28)21(17-10-11-18(25)19(26)16-17)20(29)12-15-31-33(7,8)24(4,5)6/h10-11,16,20-21,28-29H,9,12-15H2,1-8H3. The third-order valence-corrected chi connectivity index (χ3v) is 11.1. The fourth-order valence-electron chi connectivity index (χ4n) is 3.02. The van der Waals surface area contributed by atoms with Crippen LogP contribution in [0.3, 0.4) is 0 Å². The minimum absolute atomic E-state index is 0.0464. The van der Waals surface area contributed by atoms with Crippen molar-refractivity contribution in [3.63, 3.8) is 0 Å². The van der Waals surface area contributed by atoms with Gasteiger partial charge in [-0.25, -0.2) is 4.79 Å². The van der Waals surface area contributed by atoms with E-state index in [4.69, 9.17) is 32.4 Å². The number of nitrogens with zero attached hydrogens (tertiary/aromatic N) is 1. The lowest BCUT2D eigenvalue weighted by molar-refractivity contribution is -0.0124. The summed E-state index contributed by atoms with van der Waals surface area (Å²) in [5.41, 5.74) is -0.0827. The second-order valence-corrected chi connectivity index (χ2v) is 16.5. The topological polar surface area (TPSA) is 79.2 Å². The number of rotatable bonds is 10. The Morgan fingerprint density at radius 3 is 2.21 bits per heavy atom. The molecule has 2 unspecified atom stereocenters. The van der Waals surface area contributed by atoms with Gasteiger partial charge in [0.25, 0.3) is 0 Å². The Balaban J connectivity index is 3.27. The highest BCUT2D eigenvalue weighted by molar-refractivity contribution is 6.74. The van der Waals surface area contributed by atoms with E-state index in [-0.39, 0.29) is 18.2 Å². The normalized spacial score (nSPS) is 14.7. The molecule has 9 heteroatoms. The predicted octanol–water partition coefficient (Wildman–Crippen LogP) is 6.43. The van der Waals surface area contributed by atoms with Crippen LogP contribution in [0.5, 0.6) is 0 Å². The fourth-order valence-corrected chi connectivity index (χ4v) is 4.39. The molecule has 0 fully saturated rings. The Morgan fingerprint density at radius 2 is 1.73 bits per heavy atom. The van der Waals surface area contributed by atoms with Crippen molar-refractivity contribution in [2.45, 2.75) is 90.3 Å². The van der Waals surface area contributed by atoms with Crippen molar-refractivity contribution in [1.82, 2.24) is 4.90 Å². The van der Waals surface area contributed by atoms with E-state index in [0.29, 0.717) is 35.1 Å². The van der Waals surface area contributed by atoms with Gasteiger partial charge >= 0.3 is 6.09 Å². The molecule has 6 nitrogen and oxygen atoms in total. The maximum absolute atomic E-state index is 13.1. The quantitative estimate of drug-likeness (QED) is 0.347. The second kappa shape index (κ2) is 12.2. The summed E-state index contributed by atoms with van der Waals surface area (Å²) in [5.74, 6) is 0. The fraction of sp³-hybridized carbons (Fsp3) is 0.708. The van der Waals surface area contributed by atoms with Gasteiger partial charge in [0.2, 0.25) is 0 Å². The number of aliphatic hydroxyl groups excluding tert-OH is 2. The zero-order valence-corrected chi connectivity index (χ0v) is 23.8. The maximum Gasteiger partial charge on any atom is 0.410 e. The van der Waals surface area contributed by atoms with E-state index in [0.717, 1.165) is 0 Å². The van der Waals surface area contributed by atoms with Gasteiger partial charge in [-0.05, 0) is 69.4 Å². The molecule has 0 bridgehead atoms. The van der Waals surface area contributed by atoms with Crippen LogP contribution in [0.1, 0.15) is 66.0 Å². The average molecular weight is 523 g/mol. The van der Waals surface area contributed by atoms with Crippen molar-refractivity contribution in [2.75, 3.05) is 19.8 Å². The van der Waals surface area contributed by atoms with Gasteiger partial charge in [0.15, 0.2) is 8.32 Å². The van der Waals surface area contributed by atoms with Crippen LogP contribution in [-0.2, 0) is 9.16 Å². The lowest BCUT2D eigenvalue weighted by Crippen LogP contribution is -2.45. The van der Waals surface area contributed by atoms with Crippen LogP contribution in [0.4, 0.5) is 4.79 Å². The molecule has 0 spiro atoms. The van der Waals surface area contributed by atoms with Crippen LogP contribution in [0.15, 0.2) is 18.2 Å². The van der Waals surface area contributed by atoms with E-state index in [9.17, 15) is 15.0 Å². The molecule has 1 aromatic carbocycles. The van der Waals surface area contributed by atoms with E-state index in [1.54, 1.807) is 39.0 Å². The first-order chi connectivity index (χ1) is 15.0. The molecule has 1 aromatic rings. The molecule has 2 atom stereocenters. The molecule has 0 saturated heterocycles. The highest BCUT2D eigenvalue weighted by Crippen LogP contribution is 2.37. The molecular weight excluding hydrogens is 481 g/mol. The van der Waals surface area contributed by atoms with Crippen LogP contribution in [-0.4, -0.2) is 61.0 Å². The van der Waals surface area contributed by atoms with E-state index < -0.39 is 32.2 Å². The Hall–Kier alpha value is -0.833. The Bertz CT molecular complexity index is 777. The van der Waals surface area contributed by atoms with Crippen LogP contribution in [0, 0.1) is 0 Å². The Kier molecular flexibility index (Phi) is 11.2. The minimum atomic E-state index is -1.99. The van der Waals surface area contributed by atoms with Crippen LogP contribution in [0.25, 0.3) is 0 Å². The molecule has 0 aliphatic rings. The molecule has 0 aliphatic carbocycles. The first-order valence-corrected chi connectivity index (χ1v) is 15.0. The average Bonchev–Trinajstić information content (AvgIpc) is 2.64. The third-order valence-electron chi connectivity index (χ3n) is 5.85. The van der Waals surface area contributed by atoms with E-state index in [1.165, 1.54) is 4.90 Å². The van der Waals surface area contributed by atoms with Crippen molar-refractivity contribution in [2.24, 2.45) is 0 Å². The Labute approximate surface area is 210 Å². The molecule has 190 valence electrons. The third kappa shape index (κ3) is 9.38. The summed E-state index contributed by atoms with van der Waals surface area (Å²) < 4.78 is 11.9. The molecule has 0 heterocycles. The van der Waals surface area contributed by atoms with Gasteiger partial charge < -0.3 is 19.4 Å². The summed E-state index contributed by atoms with van der Waals surface area (Å²) >= 11 is 12.4. The van der Waals surface area contributed by atoms with Gasteiger partial charge in [0.1, 0.15) is 5.60 Å². The van der Waals surface area contributed by atoms with Crippen molar-refractivity contribution in [3.8, 4) is 0 Å². The molecule has 33 heavy (non-hydrogen) atoms. The summed E-state index contributed by atoms with van der Waals surface area (Å²) in [6.07, 6.45) is -0.866. The first-order valence-electron chi connectivity index (χ1n) is 11.4. The number of hydrogen-bond acceptors (Lipinski definition) is 5. The molecule has 1 rings (SSSR count). The van der Waals surface area contributed by atoms with Gasteiger partial charge in [0, 0.05) is 19.8 Å². The van der Waals surface area contributed by atoms with Crippen LogP contribution >= 0.6 is 23.2 Å². The number of ether oxygens (including phenoxy) is 1. The van der Waals surface area contributed by atoms with Gasteiger partial charge in [-0.3, -0.25) is 4.90 Å². The summed E-state index contributed by atoms with van der Waals surface area (Å²) in [6, 6.07) is 4.30. The lowest BCUT2D eigenvalue weighted by Gasteiger charge is -2.38. The number of hydrogen-bond donors (Lipinski definition) is 2. The maximum atomic E-state index is 13.1. The lowest BCUT2D eigenvalue weighted by atomic mass is 9.97. The highest BCUT2D eigenvalue weighted by atomic mass is 35.5. The van der Waals surface area contributed by atoms with Crippen molar-refractivity contribution in [1.29, 1.82) is 0 Å². The minimum Gasteiger partial charge on any atom is -0.444 e. The summed E-state index contributed by atoms with van der Waals surface area (Å²) in [7, 11) is -1.99. The second-order valence-electron chi connectivity index (χ2n) is 10.8. The molecule has 2 N–H and O–H groups in total. The summed E-state index contributed by atoms with van der Waals surface area (Å²) in [6.45, 7) is 16.6. The van der Waals surface area contributed by atoms with E-state index in [2.05, 4.69) is 33.9 Å². The highest BCUT2D eigenvalue weighted by Gasteiger charge is 2.38. The van der Waals surface area contributed by atoms with Crippen molar-refractivity contribution in [3.05, 3.63) is 33.8 Å². The number of benzene rings is 1. The first kappa shape index (κ1) is 30.2. The number of amides is 1. The van der Waals surface area contributed by atoms with Gasteiger partial charge in [-0.15, -0.1) is 0 Å². The zero-order chi connectivity index (χ0) is 25.6. The largest absolute Gasteiger partial charge is 0.444 e. The zero-order valence-electron chi connectivity index (χ0n) is 21.2. The molecule has 0 radical (unpaired) electrons. The summed E-state index contributed by atoms with van der Waals surface area (Å²) in [5, 5.41) is 21.5. The molecule has 0 saturated carbocycles. The van der Waals surface area contributed by atoms with E-state index >= 15 is 0 Å². The predicted molar refractivity (Wildman–Crippen MR) is 138 cm³/mol.